The highest BCUT2D eigenvalue weighted by Gasteiger charge is 2.41. The molecule has 2 aliphatic heterocycles. The van der Waals surface area contributed by atoms with Gasteiger partial charge in [0.25, 0.3) is 11.8 Å². The molecule has 4 amide bonds. The number of benzene rings is 3. The zero-order valence-corrected chi connectivity index (χ0v) is 20.5. The van der Waals surface area contributed by atoms with Gasteiger partial charge in [0, 0.05) is 6.42 Å². The predicted molar refractivity (Wildman–Crippen MR) is 139 cm³/mol. The van der Waals surface area contributed by atoms with E-state index in [0.717, 1.165) is 27.3 Å². The van der Waals surface area contributed by atoms with Gasteiger partial charge in [-0.25, -0.2) is 9.80 Å². The maximum Gasteiger partial charge on any atom is 0.325 e. The number of amides is 4. The molecule has 37 heavy (non-hydrogen) atoms. The van der Waals surface area contributed by atoms with Crippen molar-refractivity contribution >= 4 is 23.6 Å². The molecule has 0 aliphatic carbocycles. The molecule has 8 heteroatoms. The molecule has 0 radical (unpaired) electrons. The van der Waals surface area contributed by atoms with E-state index in [2.05, 4.69) is 10.4 Å². The maximum atomic E-state index is 13.5. The standard InChI is InChI=1S/C29H28N4O4/c1-37-23-15-13-22(14-16-23)26-18-25(21-10-6-3-7-11-21)31-33(26)27(34)19-32-28(35)24(30-29(32)36)17-12-20-8-4-2-5-9-20/h2-11,13-16,24,26H,12,17-19H2,1H3,(H,30,36). The molecule has 0 aromatic heterocycles. The largest absolute Gasteiger partial charge is 0.497 e. The number of hydrogen-bond acceptors (Lipinski definition) is 5. The minimum atomic E-state index is -0.653. The molecule has 1 saturated heterocycles. The smallest absolute Gasteiger partial charge is 0.325 e. The maximum absolute atomic E-state index is 13.5. The van der Waals surface area contributed by atoms with E-state index in [0.29, 0.717) is 25.0 Å². The fraction of sp³-hybridized carbons (Fsp3) is 0.241. The van der Waals surface area contributed by atoms with Gasteiger partial charge in [-0.2, -0.15) is 5.10 Å². The van der Waals surface area contributed by atoms with Crippen LogP contribution < -0.4 is 10.1 Å². The van der Waals surface area contributed by atoms with Crippen LogP contribution in [0.5, 0.6) is 5.75 Å². The summed E-state index contributed by atoms with van der Waals surface area (Å²) < 4.78 is 5.27. The van der Waals surface area contributed by atoms with Crippen molar-refractivity contribution in [2.45, 2.75) is 31.3 Å². The summed E-state index contributed by atoms with van der Waals surface area (Å²) >= 11 is 0. The Bertz CT molecular complexity index is 1310. The number of nitrogens with one attached hydrogen (secondary N) is 1. The van der Waals surface area contributed by atoms with Crippen molar-refractivity contribution in [2.24, 2.45) is 5.10 Å². The Balaban J connectivity index is 1.32. The summed E-state index contributed by atoms with van der Waals surface area (Å²) in [7, 11) is 1.60. The Hall–Kier alpha value is -4.46. The number of hydrogen-bond donors (Lipinski definition) is 1. The zero-order chi connectivity index (χ0) is 25.8. The predicted octanol–water partition coefficient (Wildman–Crippen LogP) is 3.93. The van der Waals surface area contributed by atoms with Gasteiger partial charge in [-0.1, -0.05) is 72.8 Å². The number of ether oxygens (including phenoxy) is 1. The van der Waals surface area contributed by atoms with Gasteiger partial charge in [-0.05, 0) is 41.7 Å². The van der Waals surface area contributed by atoms with Crippen LogP contribution in [0.25, 0.3) is 0 Å². The fourth-order valence-electron chi connectivity index (χ4n) is 4.72. The van der Waals surface area contributed by atoms with Crippen molar-refractivity contribution in [3.05, 3.63) is 102 Å². The third-order valence-corrected chi connectivity index (χ3v) is 6.74. The highest BCUT2D eigenvalue weighted by atomic mass is 16.5. The van der Waals surface area contributed by atoms with Gasteiger partial charge in [0.1, 0.15) is 18.3 Å². The Morgan fingerprint density at radius 2 is 1.65 bits per heavy atom. The number of methoxy groups -OCH3 is 1. The summed E-state index contributed by atoms with van der Waals surface area (Å²) in [5.41, 5.74) is 3.67. The quantitative estimate of drug-likeness (QED) is 0.479. The fourth-order valence-corrected chi connectivity index (χ4v) is 4.72. The molecule has 2 heterocycles. The van der Waals surface area contributed by atoms with E-state index in [1.807, 2.05) is 84.9 Å². The molecule has 2 atom stereocenters. The molecule has 188 valence electrons. The van der Waals surface area contributed by atoms with Gasteiger partial charge in [0.05, 0.1) is 18.9 Å². The summed E-state index contributed by atoms with van der Waals surface area (Å²) in [6.07, 6.45) is 1.63. The lowest BCUT2D eigenvalue weighted by Gasteiger charge is -2.24. The topological polar surface area (TPSA) is 91.3 Å². The molecule has 3 aromatic rings. The minimum absolute atomic E-state index is 0.358. The first kappa shape index (κ1) is 24.2. The molecule has 0 saturated carbocycles. The average Bonchev–Trinajstić information content (AvgIpc) is 3.50. The molecule has 5 rings (SSSR count). The zero-order valence-electron chi connectivity index (χ0n) is 20.5. The van der Waals surface area contributed by atoms with Crippen molar-refractivity contribution in [3.63, 3.8) is 0 Å². The van der Waals surface area contributed by atoms with Gasteiger partial charge in [-0.15, -0.1) is 0 Å². The molecule has 2 unspecified atom stereocenters. The Morgan fingerprint density at radius 3 is 2.32 bits per heavy atom. The van der Waals surface area contributed by atoms with E-state index in [4.69, 9.17) is 4.74 Å². The van der Waals surface area contributed by atoms with E-state index in [1.54, 1.807) is 7.11 Å². The summed E-state index contributed by atoms with van der Waals surface area (Å²) in [6, 6.07) is 25.4. The lowest BCUT2D eigenvalue weighted by molar-refractivity contribution is -0.138. The lowest BCUT2D eigenvalue weighted by atomic mass is 9.98. The van der Waals surface area contributed by atoms with E-state index in [1.165, 1.54) is 5.01 Å². The number of nitrogens with zero attached hydrogens (tertiary/aromatic N) is 3. The SMILES string of the molecule is COc1ccc(C2CC(c3ccccc3)=NN2C(=O)CN2C(=O)NC(CCc3ccccc3)C2=O)cc1. The van der Waals surface area contributed by atoms with E-state index in [-0.39, 0.29) is 18.5 Å². The second-order valence-corrected chi connectivity index (χ2v) is 9.09. The first-order valence-electron chi connectivity index (χ1n) is 12.3. The van der Waals surface area contributed by atoms with Crippen LogP contribution in [-0.4, -0.2) is 53.2 Å². The Kier molecular flexibility index (Phi) is 6.98. The van der Waals surface area contributed by atoms with Crippen LogP contribution in [0.3, 0.4) is 0 Å². The number of rotatable bonds is 8. The number of aryl methyl sites for hydroxylation is 1. The molecular weight excluding hydrogens is 468 g/mol. The summed E-state index contributed by atoms with van der Waals surface area (Å²) in [4.78, 5) is 40.1. The first-order chi connectivity index (χ1) is 18.0. The van der Waals surface area contributed by atoms with Crippen LogP contribution in [0, 0.1) is 0 Å². The molecule has 0 spiro atoms. The monoisotopic (exact) mass is 496 g/mol. The second-order valence-electron chi connectivity index (χ2n) is 9.09. The van der Waals surface area contributed by atoms with Crippen LogP contribution in [0.4, 0.5) is 4.79 Å². The van der Waals surface area contributed by atoms with Crippen molar-refractivity contribution in [3.8, 4) is 5.75 Å². The number of urea groups is 1. The van der Waals surface area contributed by atoms with Crippen molar-refractivity contribution in [1.82, 2.24) is 15.2 Å². The van der Waals surface area contributed by atoms with Crippen LogP contribution in [-0.2, 0) is 16.0 Å². The van der Waals surface area contributed by atoms with Crippen LogP contribution in [0.15, 0.2) is 90.0 Å². The molecule has 1 fully saturated rings. The number of hydrazone groups is 1. The van der Waals surface area contributed by atoms with Crippen LogP contribution in [0.2, 0.25) is 0 Å². The Morgan fingerprint density at radius 1 is 0.973 bits per heavy atom. The highest BCUT2D eigenvalue weighted by Crippen LogP contribution is 2.34. The molecule has 1 N–H and O–H groups in total. The second kappa shape index (κ2) is 10.7. The average molecular weight is 497 g/mol. The summed E-state index contributed by atoms with van der Waals surface area (Å²) in [5.74, 6) is -0.0922. The summed E-state index contributed by atoms with van der Waals surface area (Å²) in [5, 5.41) is 8.78. The summed E-state index contributed by atoms with van der Waals surface area (Å²) in [6.45, 7) is -0.370. The van der Waals surface area contributed by atoms with Crippen LogP contribution in [0.1, 0.15) is 35.6 Å². The van der Waals surface area contributed by atoms with E-state index >= 15 is 0 Å². The van der Waals surface area contributed by atoms with Crippen molar-refractivity contribution < 1.29 is 19.1 Å². The van der Waals surface area contributed by atoms with Gasteiger partial charge in [0.15, 0.2) is 0 Å². The molecule has 2 aliphatic rings. The lowest BCUT2D eigenvalue weighted by Crippen LogP contribution is -2.41. The minimum Gasteiger partial charge on any atom is -0.497 e. The Labute approximate surface area is 215 Å². The molecule has 3 aromatic carbocycles. The van der Waals surface area contributed by atoms with Crippen molar-refractivity contribution in [2.75, 3.05) is 13.7 Å². The third kappa shape index (κ3) is 5.23. The molecule has 8 nitrogen and oxygen atoms in total. The van der Waals surface area contributed by atoms with Gasteiger partial charge in [-0.3, -0.25) is 14.5 Å². The van der Waals surface area contributed by atoms with Crippen molar-refractivity contribution in [1.29, 1.82) is 0 Å². The number of imide groups is 1. The molecular formula is C29H28N4O4. The van der Waals surface area contributed by atoms with Gasteiger partial charge in [0.2, 0.25) is 0 Å². The van der Waals surface area contributed by atoms with Crippen LogP contribution >= 0.6 is 0 Å². The number of carbonyl (C=O) groups excluding carboxylic acids is 3. The van der Waals surface area contributed by atoms with Gasteiger partial charge >= 0.3 is 6.03 Å². The third-order valence-electron chi connectivity index (χ3n) is 6.74. The highest BCUT2D eigenvalue weighted by molar-refractivity contribution is 6.07. The van der Waals surface area contributed by atoms with E-state index in [9.17, 15) is 14.4 Å². The normalized spacial score (nSPS) is 19.1. The number of carbonyl (C=O) groups is 3. The van der Waals surface area contributed by atoms with Gasteiger partial charge < -0.3 is 10.1 Å². The van der Waals surface area contributed by atoms with E-state index < -0.39 is 18.0 Å². The first-order valence-corrected chi connectivity index (χ1v) is 12.3. The molecule has 0 bridgehead atoms.